The maximum atomic E-state index is 11.2. The van der Waals surface area contributed by atoms with E-state index in [0.29, 0.717) is 6.04 Å². The van der Waals surface area contributed by atoms with Gasteiger partial charge in [-0.1, -0.05) is 0 Å². The first-order valence-electron chi connectivity index (χ1n) is 3.61. The number of rotatable bonds is 0. The van der Waals surface area contributed by atoms with E-state index in [4.69, 9.17) is 0 Å². The summed E-state index contributed by atoms with van der Waals surface area (Å²) in [5.74, 6) is 0. The third-order valence-electron chi connectivity index (χ3n) is 1.95. The molecule has 1 rings (SSSR count). The van der Waals surface area contributed by atoms with Crippen LogP contribution in [0.25, 0.3) is 0 Å². The summed E-state index contributed by atoms with van der Waals surface area (Å²) in [4.78, 5) is 14.7. The Hall–Kier alpha value is -0.730. The SMILES string of the molecule is CC1CCN1C(=O)N(C)C. The Balaban J connectivity index is 2.42. The fourth-order valence-electron chi connectivity index (χ4n) is 1.06. The first-order chi connectivity index (χ1) is 4.63. The number of amides is 2. The van der Waals surface area contributed by atoms with Crippen LogP contribution in [0.2, 0.25) is 0 Å². The van der Waals surface area contributed by atoms with Crippen LogP contribution in [0.15, 0.2) is 0 Å². The van der Waals surface area contributed by atoms with E-state index in [9.17, 15) is 4.79 Å². The molecule has 1 aliphatic heterocycles. The van der Waals surface area contributed by atoms with Crippen LogP contribution in [-0.4, -0.2) is 42.5 Å². The maximum absolute atomic E-state index is 11.2. The van der Waals surface area contributed by atoms with E-state index in [2.05, 4.69) is 6.92 Å². The summed E-state index contributed by atoms with van der Waals surface area (Å²) in [5.41, 5.74) is 0. The minimum absolute atomic E-state index is 0.138. The van der Waals surface area contributed by atoms with E-state index in [1.54, 1.807) is 19.0 Å². The van der Waals surface area contributed by atoms with Crippen LogP contribution in [0.5, 0.6) is 0 Å². The summed E-state index contributed by atoms with van der Waals surface area (Å²) < 4.78 is 0. The van der Waals surface area contributed by atoms with Crippen molar-refractivity contribution in [3.63, 3.8) is 0 Å². The Morgan fingerprint density at radius 2 is 2.20 bits per heavy atom. The third kappa shape index (κ3) is 1.08. The number of urea groups is 1. The molecule has 0 aromatic heterocycles. The van der Waals surface area contributed by atoms with Crippen molar-refractivity contribution in [2.75, 3.05) is 20.6 Å². The van der Waals surface area contributed by atoms with E-state index in [1.165, 1.54) is 0 Å². The van der Waals surface area contributed by atoms with Gasteiger partial charge in [-0.15, -0.1) is 0 Å². The van der Waals surface area contributed by atoms with Gasteiger partial charge in [-0.2, -0.15) is 0 Å². The van der Waals surface area contributed by atoms with E-state index >= 15 is 0 Å². The molecule has 3 heteroatoms. The predicted octanol–water partition coefficient (Wildman–Crippen LogP) is 0.762. The summed E-state index contributed by atoms with van der Waals surface area (Å²) in [7, 11) is 3.57. The van der Waals surface area contributed by atoms with Gasteiger partial charge in [0.2, 0.25) is 0 Å². The molecule has 1 heterocycles. The second-order valence-electron chi connectivity index (χ2n) is 3.01. The van der Waals surface area contributed by atoms with Crippen LogP contribution in [-0.2, 0) is 0 Å². The van der Waals surface area contributed by atoms with Crippen LogP contribution in [0.1, 0.15) is 13.3 Å². The van der Waals surface area contributed by atoms with Gasteiger partial charge in [0.25, 0.3) is 0 Å². The molecular formula is C7H14N2O. The molecule has 1 saturated heterocycles. The van der Waals surface area contributed by atoms with Gasteiger partial charge in [0.1, 0.15) is 0 Å². The molecule has 3 nitrogen and oxygen atoms in total. The first kappa shape index (κ1) is 7.38. The van der Waals surface area contributed by atoms with Crippen LogP contribution >= 0.6 is 0 Å². The van der Waals surface area contributed by atoms with Crippen LogP contribution in [0.3, 0.4) is 0 Å². The Bertz CT molecular complexity index is 145. The van der Waals surface area contributed by atoms with Crippen molar-refractivity contribution in [2.45, 2.75) is 19.4 Å². The number of nitrogens with zero attached hydrogens (tertiary/aromatic N) is 2. The van der Waals surface area contributed by atoms with Gasteiger partial charge >= 0.3 is 6.03 Å². The normalized spacial score (nSPS) is 23.9. The molecule has 1 fully saturated rings. The van der Waals surface area contributed by atoms with Crippen molar-refractivity contribution in [2.24, 2.45) is 0 Å². The maximum Gasteiger partial charge on any atom is 0.319 e. The molecule has 0 spiro atoms. The summed E-state index contributed by atoms with van der Waals surface area (Å²) in [5, 5.41) is 0. The van der Waals surface area contributed by atoms with Crippen LogP contribution in [0, 0.1) is 0 Å². The second-order valence-corrected chi connectivity index (χ2v) is 3.01. The van der Waals surface area contributed by atoms with Crippen LogP contribution < -0.4 is 0 Å². The lowest BCUT2D eigenvalue weighted by molar-refractivity contribution is 0.104. The van der Waals surface area contributed by atoms with E-state index in [0.717, 1.165) is 13.0 Å². The van der Waals surface area contributed by atoms with E-state index in [-0.39, 0.29) is 6.03 Å². The van der Waals surface area contributed by atoms with Gasteiger partial charge in [0.15, 0.2) is 0 Å². The second kappa shape index (κ2) is 2.48. The number of likely N-dealkylation sites (tertiary alicyclic amines) is 1. The fraction of sp³-hybridized carbons (Fsp3) is 0.857. The Morgan fingerprint density at radius 3 is 2.30 bits per heavy atom. The third-order valence-corrected chi connectivity index (χ3v) is 1.95. The highest BCUT2D eigenvalue weighted by molar-refractivity contribution is 5.74. The smallest absolute Gasteiger partial charge is 0.319 e. The molecule has 1 atom stereocenters. The van der Waals surface area contributed by atoms with Gasteiger partial charge in [0.05, 0.1) is 0 Å². The average molecular weight is 142 g/mol. The summed E-state index contributed by atoms with van der Waals surface area (Å²) in [6.45, 7) is 3.00. The highest BCUT2D eigenvalue weighted by Crippen LogP contribution is 2.16. The number of carbonyl (C=O) groups is 1. The lowest BCUT2D eigenvalue weighted by Gasteiger charge is -2.40. The summed E-state index contributed by atoms with van der Waals surface area (Å²) in [6, 6.07) is 0.591. The van der Waals surface area contributed by atoms with Gasteiger partial charge in [-0.05, 0) is 13.3 Å². The van der Waals surface area contributed by atoms with Crippen molar-refractivity contribution < 1.29 is 4.79 Å². The first-order valence-corrected chi connectivity index (χ1v) is 3.61. The van der Waals surface area contributed by atoms with Crippen molar-refractivity contribution in [1.82, 2.24) is 9.80 Å². The van der Waals surface area contributed by atoms with Gasteiger partial charge in [-0.3, -0.25) is 0 Å². The van der Waals surface area contributed by atoms with E-state index < -0.39 is 0 Å². The lowest BCUT2D eigenvalue weighted by Crippen LogP contribution is -2.52. The molecular weight excluding hydrogens is 128 g/mol. The highest BCUT2D eigenvalue weighted by Gasteiger charge is 2.28. The Labute approximate surface area is 61.6 Å². The molecule has 1 aliphatic rings. The molecule has 0 aliphatic carbocycles. The molecule has 10 heavy (non-hydrogen) atoms. The average Bonchev–Trinajstić information content (AvgIpc) is 1.84. The molecule has 0 N–H and O–H groups in total. The minimum Gasteiger partial charge on any atom is -0.331 e. The van der Waals surface area contributed by atoms with Gasteiger partial charge in [0, 0.05) is 26.7 Å². The van der Waals surface area contributed by atoms with Crippen LogP contribution in [0.4, 0.5) is 4.79 Å². The fourth-order valence-corrected chi connectivity index (χ4v) is 1.06. The molecule has 1 unspecified atom stereocenters. The highest BCUT2D eigenvalue weighted by atomic mass is 16.2. The standard InChI is InChI=1S/C7H14N2O/c1-6-4-5-9(6)7(10)8(2)3/h6H,4-5H2,1-3H3. The number of carbonyl (C=O) groups excluding carboxylic acids is 1. The molecule has 0 saturated carbocycles. The minimum atomic E-state index is 0.138. The zero-order valence-corrected chi connectivity index (χ0v) is 6.79. The quantitative estimate of drug-likeness (QED) is 0.490. The van der Waals surface area contributed by atoms with Gasteiger partial charge in [-0.25, -0.2) is 4.79 Å². The van der Waals surface area contributed by atoms with E-state index in [1.807, 2.05) is 4.90 Å². The molecule has 0 aromatic carbocycles. The van der Waals surface area contributed by atoms with Crippen molar-refractivity contribution in [3.05, 3.63) is 0 Å². The summed E-state index contributed by atoms with van der Waals surface area (Å²) in [6.07, 6.45) is 1.15. The molecule has 58 valence electrons. The Morgan fingerprint density at radius 1 is 1.60 bits per heavy atom. The summed E-state index contributed by atoms with van der Waals surface area (Å²) >= 11 is 0. The zero-order chi connectivity index (χ0) is 7.72. The molecule has 0 radical (unpaired) electrons. The largest absolute Gasteiger partial charge is 0.331 e. The van der Waals surface area contributed by atoms with Gasteiger partial charge < -0.3 is 9.80 Å². The lowest BCUT2D eigenvalue weighted by atomic mass is 10.1. The Kier molecular flexibility index (Phi) is 1.83. The topological polar surface area (TPSA) is 23.6 Å². The molecule has 0 aromatic rings. The molecule has 2 amide bonds. The van der Waals surface area contributed by atoms with Crippen molar-refractivity contribution in [3.8, 4) is 0 Å². The predicted molar refractivity (Wildman–Crippen MR) is 39.9 cm³/mol. The van der Waals surface area contributed by atoms with Crippen molar-refractivity contribution >= 4 is 6.03 Å². The number of hydrogen-bond acceptors (Lipinski definition) is 1. The number of hydrogen-bond donors (Lipinski definition) is 0. The monoisotopic (exact) mass is 142 g/mol. The zero-order valence-electron chi connectivity index (χ0n) is 6.79. The van der Waals surface area contributed by atoms with Crippen molar-refractivity contribution in [1.29, 1.82) is 0 Å². The molecule has 0 bridgehead atoms.